The number of allylic oxidation sites excluding steroid dienone is 10. The molecule has 448 valence electrons. The van der Waals surface area contributed by atoms with Crippen molar-refractivity contribution >= 4 is 17.9 Å². The van der Waals surface area contributed by atoms with Gasteiger partial charge in [0.1, 0.15) is 13.2 Å². The maximum Gasteiger partial charge on any atom is 0.306 e. The average molecular weight is 1080 g/mol. The first-order chi connectivity index (χ1) is 38.0. The Hall–Kier alpha value is -2.89. The summed E-state index contributed by atoms with van der Waals surface area (Å²) >= 11 is 0. The minimum Gasteiger partial charge on any atom is -0.462 e. The summed E-state index contributed by atoms with van der Waals surface area (Å²) in [5.74, 6) is -0.881. The molecule has 0 saturated heterocycles. The van der Waals surface area contributed by atoms with Crippen molar-refractivity contribution in [3.8, 4) is 0 Å². The minimum absolute atomic E-state index is 0.0794. The maximum atomic E-state index is 12.9. The Kier molecular flexibility index (Phi) is 63.2. The van der Waals surface area contributed by atoms with Crippen LogP contribution in [-0.2, 0) is 28.6 Å². The molecule has 1 unspecified atom stereocenters. The Bertz CT molecular complexity index is 1380. The van der Waals surface area contributed by atoms with E-state index >= 15 is 0 Å². The smallest absolute Gasteiger partial charge is 0.306 e. The third-order valence-corrected chi connectivity index (χ3v) is 15.0. The van der Waals surface area contributed by atoms with E-state index in [-0.39, 0.29) is 31.1 Å². The summed E-state index contributed by atoms with van der Waals surface area (Å²) in [7, 11) is 0. The molecule has 0 spiro atoms. The summed E-state index contributed by atoms with van der Waals surface area (Å²) < 4.78 is 17.0. The molecule has 6 nitrogen and oxygen atoms in total. The van der Waals surface area contributed by atoms with E-state index in [1.54, 1.807) is 0 Å². The average Bonchev–Trinajstić information content (AvgIpc) is 3.43. The highest BCUT2D eigenvalue weighted by molar-refractivity contribution is 5.71. The molecule has 0 aliphatic heterocycles. The van der Waals surface area contributed by atoms with Gasteiger partial charge >= 0.3 is 17.9 Å². The Labute approximate surface area is 479 Å². The number of hydrogen-bond acceptors (Lipinski definition) is 6. The normalized spacial score (nSPS) is 12.4. The number of rotatable bonds is 62. The van der Waals surface area contributed by atoms with Crippen LogP contribution in [0.5, 0.6) is 0 Å². The van der Waals surface area contributed by atoms with Gasteiger partial charge < -0.3 is 14.2 Å². The van der Waals surface area contributed by atoms with Crippen LogP contribution in [0.15, 0.2) is 60.8 Å². The standard InChI is InChI=1S/C71H128O6/c1-4-7-10-13-16-19-22-25-28-30-32-33-34-35-36-37-39-40-43-46-49-52-55-58-61-64-70(73)76-67-68(66-75-69(72)63-60-57-54-51-48-45-42-27-24-21-18-15-12-9-6-3)77-71(74)65-62-59-56-53-50-47-44-41-38-31-29-26-23-20-17-14-11-8-5-2/h8,11,17,20,26-27,29,38,41-42,68H,4-7,9-10,12-16,18-19,21-25,28,30-37,39-40,43-67H2,1-3H3/b11-8-,20-17-,29-26-,41-38-,42-27-. The van der Waals surface area contributed by atoms with E-state index < -0.39 is 6.10 Å². The molecule has 0 aliphatic carbocycles. The van der Waals surface area contributed by atoms with Crippen molar-refractivity contribution in [2.24, 2.45) is 0 Å². The minimum atomic E-state index is -0.785. The van der Waals surface area contributed by atoms with Gasteiger partial charge in [-0.05, 0) is 83.5 Å². The fraction of sp³-hybridized carbons (Fsp3) is 0.817. The molecule has 0 heterocycles. The molecule has 0 amide bonds. The van der Waals surface area contributed by atoms with E-state index in [4.69, 9.17) is 14.2 Å². The van der Waals surface area contributed by atoms with E-state index in [1.165, 1.54) is 212 Å². The van der Waals surface area contributed by atoms with Gasteiger partial charge in [0.05, 0.1) is 0 Å². The van der Waals surface area contributed by atoms with Crippen molar-refractivity contribution in [1.29, 1.82) is 0 Å². The largest absolute Gasteiger partial charge is 0.462 e. The molecular formula is C71H128O6. The highest BCUT2D eigenvalue weighted by Crippen LogP contribution is 2.18. The summed E-state index contributed by atoms with van der Waals surface area (Å²) in [4.78, 5) is 38.4. The summed E-state index contributed by atoms with van der Waals surface area (Å²) in [5, 5.41) is 0. The van der Waals surface area contributed by atoms with Gasteiger partial charge in [-0.2, -0.15) is 0 Å². The quantitative estimate of drug-likeness (QED) is 0.0261. The van der Waals surface area contributed by atoms with Crippen LogP contribution in [-0.4, -0.2) is 37.2 Å². The second-order valence-corrected chi connectivity index (χ2v) is 22.7. The number of esters is 3. The van der Waals surface area contributed by atoms with Crippen molar-refractivity contribution in [3.63, 3.8) is 0 Å². The van der Waals surface area contributed by atoms with Crippen LogP contribution in [0.4, 0.5) is 0 Å². The van der Waals surface area contributed by atoms with Crippen LogP contribution in [0.1, 0.15) is 355 Å². The number of carbonyl (C=O) groups excluding carboxylic acids is 3. The Morgan fingerprint density at radius 1 is 0.273 bits per heavy atom. The Balaban J connectivity index is 4.30. The topological polar surface area (TPSA) is 78.9 Å². The highest BCUT2D eigenvalue weighted by atomic mass is 16.6. The Morgan fingerprint density at radius 3 is 0.805 bits per heavy atom. The fourth-order valence-electron chi connectivity index (χ4n) is 9.96. The molecule has 0 aliphatic rings. The van der Waals surface area contributed by atoms with Gasteiger partial charge in [0, 0.05) is 19.3 Å². The van der Waals surface area contributed by atoms with Crippen molar-refractivity contribution in [2.75, 3.05) is 13.2 Å². The lowest BCUT2D eigenvalue weighted by atomic mass is 10.0. The zero-order valence-electron chi connectivity index (χ0n) is 51.5. The van der Waals surface area contributed by atoms with Gasteiger partial charge in [-0.3, -0.25) is 14.4 Å². The zero-order valence-corrected chi connectivity index (χ0v) is 51.5. The second-order valence-electron chi connectivity index (χ2n) is 22.7. The van der Waals surface area contributed by atoms with E-state index in [9.17, 15) is 14.4 Å². The van der Waals surface area contributed by atoms with Gasteiger partial charge in [0.2, 0.25) is 0 Å². The highest BCUT2D eigenvalue weighted by Gasteiger charge is 2.19. The third kappa shape index (κ3) is 63.8. The molecule has 6 heteroatoms. The lowest BCUT2D eigenvalue weighted by molar-refractivity contribution is -0.167. The number of ether oxygens (including phenoxy) is 3. The van der Waals surface area contributed by atoms with E-state index in [2.05, 4.69) is 81.5 Å². The molecule has 0 fully saturated rings. The van der Waals surface area contributed by atoms with Crippen molar-refractivity contribution in [2.45, 2.75) is 361 Å². The van der Waals surface area contributed by atoms with Crippen molar-refractivity contribution < 1.29 is 28.6 Å². The van der Waals surface area contributed by atoms with Gasteiger partial charge in [-0.25, -0.2) is 0 Å². The van der Waals surface area contributed by atoms with E-state index in [0.717, 1.165) is 103 Å². The van der Waals surface area contributed by atoms with Crippen LogP contribution in [0.3, 0.4) is 0 Å². The van der Waals surface area contributed by atoms with Crippen molar-refractivity contribution in [1.82, 2.24) is 0 Å². The molecule has 0 bridgehead atoms. The molecule has 0 aromatic rings. The Morgan fingerprint density at radius 2 is 0.506 bits per heavy atom. The molecule has 0 radical (unpaired) electrons. The SMILES string of the molecule is CC/C=C\C/C=C\C/C=C\C/C=C\CCCCCCCCC(=O)OC(COC(=O)CCCCCCC/C=C\CCCCCCCC)COC(=O)CCCCCCCCCCCCCCCCCCCCCCCCCCC. The predicted octanol–water partition coefficient (Wildman–Crippen LogP) is 23.1. The number of unbranched alkanes of at least 4 members (excludes halogenated alkanes) is 41. The van der Waals surface area contributed by atoms with Gasteiger partial charge in [-0.15, -0.1) is 0 Å². The van der Waals surface area contributed by atoms with Crippen LogP contribution in [0.25, 0.3) is 0 Å². The summed E-state index contributed by atoms with van der Waals surface area (Å²) in [6.45, 7) is 6.56. The lowest BCUT2D eigenvalue weighted by Gasteiger charge is -2.18. The van der Waals surface area contributed by atoms with E-state index in [0.29, 0.717) is 19.3 Å². The van der Waals surface area contributed by atoms with Crippen LogP contribution in [0.2, 0.25) is 0 Å². The lowest BCUT2D eigenvalue weighted by Crippen LogP contribution is -2.30. The third-order valence-electron chi connectivity index (χ3n) is 15.0. The summed E-state index contributed by atoms with van der Waals surface area (Å²) in [6.07, 6.45) is 83.8. The second kappa shape index (κ2) is 65.6. The molecule has 77 heavy (non-hydrogen) atoms. The first kappa shape index (κ1) is 74.1. The predicted molar refractivity (Wildman–Crippen MR) is 335 cm³/mol. The zero-order chi connectivity index (χ0) is 55.7. The van der Waals surface area contributed by atoms with Gasteiger partial charge in [0.25, 0.3) is 0 Å². The first-order valence-electron chi connectivity index (χ1n) is 33.8. The number of hydrogen-bond donors (Lipinski definition) is 0. The van der Waals surface area contributed by atoms with Crippen LogP contribution >= 0.6 is 0 Å². The maximum absolute atomic E-state index is 12.9. The van der Waals surface area contributed by atoms with Gasteiger partial charge in [-0.1, -0.05) is 313 Å². The summed E-state index contributed by atoms with van der Waals surface area (Å²) in [5.41, 5.74) is 0. The first-order valence-corrected chi connectivity index (χ1v) is 33.8. The van der Waals surface area contributed by atoms with Crippen LogP contribution in [0, 0.1) is 0 Å². The number of carbonyl (C=O) groups is 3. The van der Waals surface area contributed by atoms with E-state index in [1.807, 2.05) is 0 Å². The molecule has 1 atom stereocenters. The molecule has 0 aromatic heterocycles. The monoisotopic (exact) mass is 1080 g/mol. The molecular weight excluding hydrogens is 949 g/mol. The molecule has 0 aromatic carbocycles. The van der Waals surface area contributed by atoms with Crippen molar-refractivity contribution in [3.05, 3.63) is 60.8 Å². The van der Waals surface area contributed by atoms with Gasteiger partial charge in [0.15, 0.2) is 6.10 Å². The molecule has 0 saturated carbocycles. The molecule has 0 N–H and O–H groups in total. The fourth-order valence-corrected chi connectivity index (χ4v) is 9.96. The summed E-state index contributed by atoms with van der Waals surface area (Å²) in [6, 6.07) is 0. The van der Waals surface area contributed by atoms with Crippen LogP contribution < -0.4 is 0 Å². The molecule has 0 rings (SSSR count).